The van der Waals surface area contributed by atoms with Gasteiger partial charge in [-0.15, -0.1) is 0 Å². The molecule has 2 aromatic carbocycles. The highest BCUT2D eigenvalue weighted by Crippen LogP contribution is 2.60. The molecule has 0 radical (unpaired) electrons. The number of carbonyl (C=O) groups excluding carboxylic acids is 2. The zero-order chi connectivity index (χ0) is 33.3. The van der Waals surface area contributed by atoms with E-state index in [2.05, 4.69) is 36.7 Å². The van der Waals surface area contributed by atoms with E-state index in [1.165, 1.54) is 6.07 Å². The van der Waals surface area contributed by atoms with Gasteiger partial charge < -0.3 is 26.0 Å². The van der Waals surface area contributed by atoms with E-state index in [9.17, 15) is 22.8 Å². The van der Waals surface area contributed by atoms with E-state index in [1.807, 2.05) is 6.07 Å². The molecule has 246 valence electrons. The lowest BCUT2D eigenvalue weighted by Gasteiger charge is -2.38. The molecule has 5 rings (SSSR count). The summed E-state index contributed by atoms with van der Waals surface area (Å²) in [6, 6.07) is 8.94. The van der Waals surface area contributed by atoms with Crippen LogP contribution in [0.2, 0.25) is 10.0 Å². The molecule has 2 saturated heterocycles. The molecule has 3 aliphatic heterocycles. The van der Waals surface area contributed by atoms with E-state index in [-0.39, 0.29) is 33.9 Å². The predicted octanol–water partition coefficient (Wildman–Crippen LogP) is 6.77. The van der Waals surface area contributed by atoms with E-state index in [4.69, 9.17) is 33.1 Å². The molecular weight excluding hydrogens is 639 g/mol. The van der Waals surface area contributed by atoms with Crippen molar-refractivity contribution in [3.05, 3.63) is 63.4 Å². The average Bonchev–Trinajstić information content (AvgIpc) is 3.42. The van der Waals surface area contributed by atoms with Crippen molar-refractivity contribution in [2.75, 3.05) is 31.5 Å². The molecule has 0 aromatic heterocycles. The Labute approximate surface area is 268 Å². The van der Waals surface area contributed by atoms with Crippen molar-refractivity contribution < 1.29 is 37.1 Å². The number of hydrogen-bond acceptors (Lipinski definition) is 4. The highest BCUT2D eigenvalue weighted by Gasteiger charge is 2.65. The van der Waals surface area contributed by atoms with Crippen LogP contribution in [-0.2, 0) is 15.0 Å². The molecule has 45 heavy (non-hydrogen) atoms. The Kier molecular flexibility index (Phi) is 10.3. The Hall–Kier alpha value is -3.09. The smallest absolute Gasteiger partial charge is 0.475 e. The second-order valence-corrected chi connectivity index (χ2v) is 13.7. The van der Waals surface area contributed by atoms with E-state index in [1.54, 1.807) is 29.2 Å². The number of amides is 3. The molecule has 0 saturated carbocycles. The minimum Gasteiger partial charge on any atom is -0.475 e. The van der Waals surface area contributed by atoms with Gasteiger partial charge in [0.25, 0.3) is 0 Å². The summed E-state index contributed by atoms with van der Waals surface area (Å²) >= 11 is 12.6. The Morgan fingerprint density at radius 1 is 1.11 bits per heavy atom. The number of aliphatic carboxylic acids is 1. The van der Waals surface area contributed by atoms with Crippen molar-refractivity contribution in [2.45, 2.75) is 57.7 Å². The second-order valence-electron chi connectivity index (χ2n) is 12.9. The molecular formula is C31H36Cl2F4N4O4. The van der Waals surface area contributed by atoms with Gasteiger partial charge in [0.15, 0.2) is 0 Å². The lowest BCUT2D eigenvalue weighted by molar-refractivity contribution is -0.192. The lowest BCUT2D eigenvalue weighted by atomic mass is 9.63. The number of anilines is 1. The minimum absolute atomic E-state index is 0.0401. The van der Waals surface area contributed by atoms with Crippen LogP contribution in [0, 0.1) is 23.1 Å². The normalized spacial score (nSPS) is 23.3. The molecule has 2 aromatic rings. The number of rotatable bonds is 4. The number of nitrogens with one attached hydrogen (secondary N) is 3. The first-order valence-corrected chi connectivity index (χ1v) is 15.3. The van der Waals surface area contributed by atoms with Gasteiger partial charge in [-0.25, -0.2) is 14.0 Å². The van der Waals surface area contributed by atoms with Crippen molar-refractivity contribution in [3.8, 4) is 0 Å². The quantitative estimate of drug-likeness (QED) is 0.268. The fourth-order valence-electron chi connectivity index (χ4n) is 6.69. The molecule has 1 spiro atoms. The molecule has 3 atom stereocenters. The van der Waals surface area contributed by atoms with E-state index in [0.29, 0.717) is 36.1 Å². The number of carboxylic acid groups (broad SMARTS) is 1. The van der Waals surface area contributed by atoms with Crippen LogP contribution in [-0.4, -0.2) is 60.3 Å². The summed E-state index contributed by atoms with van der Waals surface area (Å²) in [6.45, 7) is 9.05. The van der Waals surface area contributed by atoms with E-state index < -0.39 is 29.4 Å². The zero-order valence-corrected chi connectivity index (χ0v) is 26.5. The van der Waals surface area contributed by atoms with Crippen LogP contribution in [0.1, 0.15) is 57.2 Å². The summed E-state index contributed by atoms with van der Waals surface area (Å²) in [7, 11) is 0. The molecule has 14 heteroatoms. The van der Waals surface area contributed by atoms with Gasteiger partial charge in [0.1, 0.15) is 11.2 Å². The van der Waals surface area contributed by atoms with Crippen LogP contribution in [0.3, 0.4) is 0 Å². The molecule has 0 bridgehead atoms. The van der Waals surface area contributed by atoms with Gasteiger partial charge in [0.2, 0.25) is 5.91 Å². The molecule has 3 amide bonds. The van der Waals surface area contributed by atoms with Gasteiger partial charge in [-0.05, 0) is 73.4 Å². The number of piperidine rings is 1. The molecule has 2 fully saturated rings. The first-order chi connectivity index (χ1) is 21.0. The van der Waals surface area contributed by atoms with Gasteiger partial charge in [0, 0.05) is 29.4 Å². The maximum absolute atomic E-state index is 15.8. The van der Waals surface area contributed by atoms with Crippen molar-refractivity contribution in [2.24, 2.45) is 17.3 Å². The van der Waals surface area contributed by atoms with E-state index in [0.717, 1.165) is 31.5 Å². The molecule has 0 aliphatic carbocycles. The molecule has 4 N–H and O–H groups in total. The van der Waals surface area contributed by atoms with Crippen LogP contribution in [0.4, 0.5) is 28.0 Å². The van der Waals surface area contributed by atoms with Crippen LogP contribution >= 0.6 is 23.2 Å². The number of nitrogens with zero attached hydrogens (tertiary/aromatic N) is 1. The van der Waals surface area contributed by atoms with Crippen LogP contribution in [0.15, 0.2) is 36.4 Å². The number of likely N-dealkylation sites (tertiary alicyclic amines) is 1. The summed E-state index contributed by atoms with van der Waals surface area (Å²) in [4.78, 5) is 38.6. The summed E-state index contributed by atoms with van der Waals surface area (Å²) < 4.78 is 47.5. The highest BCUT2D eigenvalue weighted by atomic mass is 35.5. The number of hydrogen-bond donors (Lipinski definition) is 4. The van der Waals surface area contributed by atoms with Crippen LogP contribution in [0.5, 0.6) is 0 Å². The third-order valence-corrected chi connectivity index (χ3v) is 9.02. The van der Waals surface area contributed by atoms with Gasteiger partial charge in [0.05, 0.1) is 11.1 Å². The van der Waals surface area contributed by atoms with Gasteiger partial charge in [-0.3, -0.25) is 4.79 Å². The highest BCUT2D eigenvalue weighted by molar-refractivity contribution is 6.31. The number of carboxylic acids is 1. The number of halogens is 6. The number of benzene rings is 2. The molecule has 8 nitrogen and oxygen atoms in total. The van der Waals surface area contributed by atoms with Gasteiger partial charge in [-0.1, -0.05) is 62.2 Å². The number of urea groups is 1. The fourth-order valence-corrected chi connectivity index (χ4v) is 7.04. The maximum Gasteiger partial charge on any atom is 0.490 e. The Balaban J connectivity index is 0.000000591. The third kappa shape index (κ3) is 7.33. The number of carbonyl (C=O) groups is 3. The maximum atomic E-state index is 15.8. The predicted molar refractivity (Wildman–Crippen MR) is 163 cm³/mol. The Morgan fingerprint density at radius 3 is 2.36 bits per heavy atom. The second kappa shape index (κ2) is 13.3. The van der Waals surface area contributed by atoms with Crippen molar-refractivity contribution in [1.82, 2.24) is 15.5 Å². The first-order valence-electron chi connectivity index (χ1n) is 14.6. The van der Waals surface area contributed by atoms with Crippen molar-refractivity contribution >= 4 is 46.8 Å². The SMILES string of the molecule is CC(C)(C)CC1CN(C(=O)NCC2CCNCC2)C(c2cccc(Cl)c2F)C12C(=O)Nc1cc(Cl)ccc12.O=C(O)C(F)(F)F. The summed E-state index contributed by atoms with van der Waals surface area (Å²) in [5, 5.41) is 17.1. The topological polar surface area (TPSA) is 111 Å². The number of fused-ring (bicyclic) bond motifs is 2. The fraction of sp³-hybridized carbons (Fsp3) is 0.516. The third-order valence-electron chi connectivity index (χ3n) is 8.49. The monoisotopic (exact) mass is 674 g/mol. The van der Waals surface area contributed by atoms with Crippen molar-refractivity contribution in [1.29, 1.82) is 0 Å². The first kappa shape index (κ1) is 34.8. The number of alkyl halides is 3. The average molecular weight is 676 g/mol. The Bertz CT molecular complexity index is 1450. The molecule has 3 heterocycles. The standard InChI is InChI=1S/C29H35Cl2FN4O2.C2HF3O2/c1-28(2,3)14-18-16-36(27(38)34-15-17-9-11-33-12-10-17)25(20-5-4-6-22(31)24(20)32)29(18)21-8-7-19(30)13-23(21)35-26(29)37;3-2(4,5)1(6)7/h4-8,13,17-18,25,33H,9-12,14-16H2,1-3H3,(H,34,38)(H,35,37);(H,6,7). The largest absolute Gasteiger partial charge is 0.490 e. The summed E-state index contributed by atoms with van der Waals surface area (Å²) in [5.41, 5.74) is 0.227. The zero-order valence-electron chi connectivity index (χ0n) is 25.0. The van der Waals surface area contributed by atoms with Crippen molar-refractivity contribution in [3.63, 3.8) is 0 Å². The van der Waals surface area contributed by atoms with Crippen LogP contribution in [0.25, 0.3) is 0 Å². The molecule has 3 aliphatic rings. The summed E-state index contributed by atoms with van der Waals surface area (Å²) in [6.07, 6.45) is -2.46. The summed E-state index contributed by atoms with van der Waals surface area (Å²) in [5.74, 6) is -3.50. The van der Waals surface area contributed by atoms with Crippen LogP contribution < -0.4 is 16.0 Å². The van der Waals surface area contributed by atoms with E-state index >= 15 is 4.39 Å². The Morgan fingerprint density at radius 2 is 1.76 bits per heavy atom. The van der Waals surface area contributed by atoms with Gasteiger partial charge in [-0.2, -0.15) is 13.2 Å². The molecule has 3 unspecified atom stereocenters. The lowest BCUT2D eigenvalue weighted by Crippen LogP contribution is -2.48. The van der Waals surface area contributed by atoms with Gasteiger partial charge >= 0.3 is 18.2 Å². The minimum atomic E-state index is -5.08.